The van der Waals surface area contributed by atoms with Crippen molar-refractivity contribution >= 4 is 29.3 Å². The zero-order valence-corrected chi connectivity index (χ0v) is 16.6. The molecule has 25 heavy (non-hydrogen) atoms. The molecule has 2 nitrogen and oxygen atoms in total. The zero-order valence-electron chi connectivity index (χ0n) is 15.1. The van der Waals surface area contributed by atoms with Crippen molar-refractivity contribution in [3.63, 3.8) is 0 Å². The highest BCUT2D eigenvalue weighted by Crippen LogP contribution is 2.43. The normalized spacial score (nSPS) is 15.9. The Morgan fingerprint density at radius 1 is 1.12 bits per heavy atom. The van der Waals surface area contributed by atoms with Crippen LogP contribution in [0.25, 0.3) is 6.08 Å². The molecular formula is C21H25Cl2NO. The monoisotopic (exact) mass is 377 g/mol. The summed E-state index contributed by atoms with van der Waals surface area (Å²) in [4.78, 5) is 2.06. The molecule has 0 spiro atoms. The molecule has 0 aliphatic heterocycles. The number of halogens is 2. The van der Waals surface area contributed by atoms with Gasteiger partial charge in [-0.25, -0.2) is 0 Å². The third-order valence-corrected chi connectivity index (χ3v) is 5.32. The van der Waals surface area contributed by atoms with Gasteiger partial charge in [0.15, 0.2) is 0 Å². The van der Waals surface area contributed by atoms with Crippen molar-refractivity contribution in [1.82, 2.24) is 4.90 Å². The minimum atomic E-state index is -1.22. The SMILES string of the molecule is C/C(=C/c1ccccc1)C(O)(c1cccc(Cl)c1Cl)C(C)CN(C)C. The van der Waals surface area contributed by atoms with E-state index >= 15 is 0 Å². The van der Waals surface area contributed by atoms with Gasteiger partial charge in [-0.2, -0.15) is 0 Å². The first-order valence-electron chi connectivity index (χ1n) is 8.32. The molecule has 2 unspecified atom stereocenters. The van der Waals surface area contributed by atoms with E-state index in [1.165, 1.54) is 0 Å². The van der Waals surface area contributed by atoms with Crippen molar-refractivity contribution in [1.29, 1.82) is 0 Å². The predicted molar refractivity (Wildman–Crippen MR) is 108 cm³/mol. The van der Waals surface area contributed by atoms with Gasteiger partial charge in [0, 0.05) is 18.0 Å². The third kappa shape index (κ3) is 4.45. The van der Waals surface area contributed by atoms with Crippen molar-refractivity contribution in [3.8, 4) is 0 Å². The molecule has 4 heteroatoms. The van der Waals surface area contributed by atoms with Crippen LogP contribution in [-0.4, -0.2) is 30.6 Å². The van der Waals surface area contributed by atoms with Gasteiger partial charge in [0.05, 0.1) is 10.0 Å². The van der Waals surface area contributed by atoms with Gasteiger partial charge >= 0.3 is 0 Å². The van der Waals surface area contributed by atoms with E-state index in [0.29, 0.717) is 22.2 Å². The summed E-state index contributed by atoms with van der Waals surface area (Å²) < 4.78 is 0. The van der Waals surface area contributed by atoms with Crippen molar-refractivity contribution in [2.45, 2.75) is 19.4 Å². The van der Waals surface area contributed by atoms with E-state index in [4.69, 9.17) is 23.2 Å². The van der Waals surface area contributed by atoms with Crippen molar-refractivity contribution in [2.24, 2.45) is 5.92 Å². The number of benzene rings is 2. The summed E-state index contributed by atoms with van der Waals surface area (Å²) in [6.07, 6.45) is 2.00. The molecule has 134 valence electrons. The lowest BCUT2D eigenvalue weighted by molar-refractivity contribution is 0.0106. The summed E-state index contributed by atoms with van der Waals surface area (Å²) in [5.41, 5.74) is 1.29. The van der Waals surface area contributed by atoms with E-state index in [0.717, 1.165) is 11.1 Å². The average Bonchev–Trinajstić information content (AvgIpc) is 2.56. The van der Waals surface area contributed by atoms with Crippen LogP contribution in [0.3, 0.4) is 0 Å². The van der Waals surface area contributed by atoms with Gasteiger partial charge < -0.3 is 10.0 Å². The Morgan fingerprint density at radius 2 is 1.76 bits per heavy atom. The van der Waals surface area contributed by atoms with Crippen LogP contribution >= 0.6 is 23.2 Å². The molecule has 0 bridgehead atoms. The van der Waals surface area contributed by atoms with Gasteiger partial charge in [0.25, 0.3) is 0 Å². The molecule has 0 aliphatic carbocycles. The lowest BCUT2D eigenvalue weighted by Gasteiger charge is -2.38. The smallest absolute Gasteiger partial charge is 0.116 e. The standard InChI is InChI=1S/C21H25Cl2NO/c1-15(13-17-9-6-5-7-10-17)21(25,16(2)14-24(3)4)18-11-8-12-19(22)20(18)23/h5-13,16,25H,14H2,1-4H3/b15-13-. The average molecular weight is 378 g/mol. The van der Waals surface area contributed by atoms with Gasteiger partial charge in [0.1, 0.15) is 5.60 Å². The molecule has 0 heterocycles. The summed E-state index contributed by atoms with van der Waals surface area (Å²) in [5.74, 6) is -0.0848. The summed E-state index contributed by atoms with van der Waals surface area (Å²) in [5, 5.41) is 12.6. The minimum absolute atomic E-state index is 0.0848. The molecule has 0 saturated heterocycles. The Labute approximate surface area is 160 Å². The summed E-state index contributed by atoms with van der Waals surface area (Å²) in [6, 6.07) is 15.4. The van der Waals surface area contributed by atoms with Crippen LogP contribution in [0, 0.1) is 5.92 Å². The van der Waals surface area contributed by atoms with E-state index in [1.807, 2.05) is 76.5 Å². The fourth-order valence-electron chi connectivity index (χ4n) is 3.25. The topological polar surface area (TPSA) is 23.5 Å². The zero-order chi connectivity index (χ0) is 18.6. The molecule has 0 aromatic heterocycles. The van der Waals surface area contributed by atoms with Gasteiger partial charge in [-0.3, -0.25) is 0 Å². The summed E-state index contributed by atoms with van der Waals surface area (Å²) in [7, 11) is 3.99. The highest BCUT2D eigenvalue weighted by Gasteiger charge is 2.39. The van der Waals surface area contributed by atoms with Crippen LogP contribution < -0.4 is 0 Å². The van der Waals surface area contributed by atoms with Crippen LogP contribution in [0.15, 0.2) is 54.1 Å². The lowest BCUT2D eigenvalue weighted by Crippen LogP contribution is -2.40. The Hall–Kier alpha value is -1.32. The van der Waals surface area contributed by atoms with Gasteiger partial charge in [0.2, 0.25) is 0 Å². The van der Waals surface area contributed by atoms with Crippen LogP contribution in [0.1, 0.15) is 25.0 Å². The highest BCUT2D eigenvalue weighted by molar-refractivity contribution is 6.42. The Bertz CT molecular complexity index is 743. The molecule has 0 aliphatic rings. The fraction of sp³-hybridized carbons (Fsp3) is 0.333. The maximum absolute atomic E-state index is 11.8. The van der Waals surface area contributed by atoms with Crippen LogP contribution in [0.5, 0.6) is 0 Å². The van der Waals surface area contributed by atoms with Crippen molar-refractivity contribution in [3.05, 3.63) is 75.3 Å². The molecule has 2 aromatic carbocycles. The fourth-order valence-corrected chi connectivity index (χ4v) is 3.70. The molecule has 0 amide bonds. The molecule has 2 rings (SSSR count). The quantitative estimate of drug-likeness (QED) is 0.719. The van der Waals surface area contributed by atoms with Crippen LogP contribution in [0.2, 0.25) is 10.0 Å². The highest BCUT2D eigenvalue weighted by atomic mass is 35.5. The van der Waals surface area contributed by atoms with Crippen molar-refractivity contribution < 1.29 is 5.11 Å². The molecule has 2 aromatic rings. The summed E-state index contributed by atoms with van der Waals surface area (Å²) in [6.45, 7) is 4.68. The van der Waals surface area contributed by atoms with E-state index in [1.54, 1.807) is 6.07 Å². The first kappa shape index (κ1) is 20.0. The molecule has 2 atom stereocenters. The van der Waals surface area contributed by atoms with Gasteiger partial charge in [-0.1, -0.05) is 78.7 Å². The first-order valence-corrected chi connectivity index (χ1v) is 9.07. The number of hydrogen-bond donors (Lipinski definition) is 1. The maximum Gasteiger partial charge on any atom is 0.116 e. The van der Waals surface area contributed by atoms with E-state index in [-0.39, 0.29) is 5.92 Å². The van der Waals surface area contributed by atoms with Crippen LogP contribution in [-0.2, 0) is 5.60 Å². The van der Waals surface area contributed by atoms with Crippen molar-refractivity contribution in [2.75, 3.05) is 20.6 Å². The predicted octanol–water partition coefficient (Wildman–Crippen LogP) is 5.48. The lowest BCUT2D eigenvalue weighted by atomic mass is 9.76. The molecular weight excluding hydrogens is 353 g/mol. The molecule has 1 N–H and O–H groups in total. The minimum Gasteiger partial charge on any atom is -0.380 e. The number of rotatable bonds is 6. The number of hydrogen-bond acceptors (Lipinski definition) is 2. The van der Waals surface area contributed by atoms with E-state index < -0.39 is 5.60 Å². The van der Waals surface area contributed by atoms with Gasteiger partial charge in [-0.05, 0) is 38.2 Å². The molecule has 0 radical (unpaired) electrons. The molecule has 0 saturated carbocycles. The second kappa shape index (κ2) is 8.37. The van der Waals surface area contributed by atoms with Gasteiger partial charge in [-0.15, -0.1) is 0 Å². The Balaban J connectivity index is 2.60. The van der Waals surface area contributed by atoms with Crippen LogP contribution in [0.4, 0.5) is 0 Å². The second-order valence-electron chi connectivity index (χ2n) is 6.77. The second-order valence-corrected chi connectivity index (χ2v) is 7.55. The third-order valence-electron chi connectivity index (χ3n) is 4.50. The maximum atomic E-state index is 11.8. The van der Waals surface area contributed by atoms with E-state index in [2.05, 4.69) is 4.90 Å². The Kier molecular flexibility index (Phi) is 6.70. The molecule has 0 fully saturated rings. The largest absolute Gasteiger partial charge is 0.380 e. The Morgan fingerprint density at radius 3 is 2.36 bits per heavy atom. The number of aliphatic hydroxyl groups is 1. The first-order chi connectivity index (χ1) is 11.8. The van der Waals surface area contributed by atoms with E-state index in [9.17, 15) is 5.11 Å². The number of nitrogens with zero attached hydrogens (tertiary/aromatic N) is 1. The summed E-state index contributed by atoms with van der Waals surface area (Å²) >= 11 is 12.7.